The van der Waals surface area contributed by atoms with Gasteiger partial charge in [0.25, 0.3) is 5.56 Å². The van der Waals surface area contributed by atoms with E-state index in [-0.39, 0.29) is 17.0 Å². The van der Waals surface area contributed by atoms with E-state index in [0.717, 1.165) is 23.5 Å². The minimum Gasteiger partial charge on any atom is -0.393 e. The molecule has 0 aromatic carbocycles. The highest BCUT2D eigenvalue weighted by Crippen LogP contribution is 2.57. The number of rotatable bonds is 8. The van der Waals surface area contributed by atoms with Gasteiger partial charge in [0, 0.05) is 0 Å². The Morgan fingerprint density at radius 2 is 1.84 bits per heavy atom. The number of hydrogen-bond acceptors (Lipinski definition) is 15. The van der Waals surface area contributed by atoms with Crippen LogP contribution in [-0.2, 0) is 41.8 Å². The van der Waals surface area contributed by atoms with Crippen molar-refractivity contribution in [1.82, 2.24) is 39.0 Å². The lowest BCUT2D eigenvalue weighted by molar-refractivity contribution is -0.200. The Bertz CT molecular complexity index is 1830. The third-order valence-electron chi connectivity index (χ3n) is 7.12. The molecule has 232 valence electrons. The van der Waals surface area contributed by atoms with E-state index < -0.39 is 91.6 Å². The zero-order valence-corrected chi connectivity index (χ0v) is 23.2. The lowest BCUT2D eigenvalue weighted by Gasteiger charge is -2.37. The summed E-state index contributed by atoms with van der Waals surface area (Å²) in [5.41, 5.74) is 6.55. The van der Waals surface area contributed by atoms with Gasteiger partial charge in [0.2, 0.25) is 17.5 Å². The van der Waals surface area contributed by atoms with E-state index in [1.165, 1.54) is 0 Å². The molecule has 4 aromatic heterocycles. The summed E-state index contributed by atoms with van der Waals surface area (Å²) in [6.07, 6.45) is -2.72. The minimum atomic E-state index is -4.77. The highest BCUT2D eigenvalue weighted by atomic mass is 32.5. The number of hydrogen-bond donors (Lipinski definition) is 6. The first kappa shape index (κ1) is 29.7. The van der Waals surface area contributed by atoms with Crippen molar-refractivity contribution in [2.75, 3.05) is 37.9 Å². The molecule has 4 aromatic rings. The highest BCUT2D eigenvalue weighted by Gasteiger charge is 2.69. The van der Waals surface area contributed by atoms with Gasteiger partial charge in [0.15, 0.2) is 22.6 Å². The molecule has 0 spiro atoms. The molecule has 2 aliphatic heterocycles. The van der Waals surface area contributed by atoms with Crippen molar-refractivity contribution < 1.29 is 46.8 Å². The molecular weight excluding hydrogens is 628 g/mol. The van der Waals surface area contributed by atoms with Crippen LogP contribution < -0.4 is 17.0 Å². The lowest BCUT2D eigenvalue weighted by atomic mass is 10.0. The first-order valence-corrected chi connectivity index (χ1v) is 14.8. The smallest absolute Gasteiger partial charge is 0.327 e. The number of H-pyrrole nitrogens is 1. The number of nitrogen functional groups attached to an aromatic ring is 2. The summed E-state index contributed by atoms with van der Waals surface area (Å²) in [6, 6.07) is 0. The van der Waals surface area contributed by atoms with Gasteiger partial charge in [-0.25, -0.2) is 24.3 Å². The predicted octanol–water partition coefficient (Wildman–Crippen LogP) is -1.56. The fraction of sp³-hybridized carbons (Fsp3) is 0.500. The van der Waals surface area contributed by atoms with Crippen LogP contribution in [0, 0.1) is 0 Å². The van der Waals surface area contributed by atoms with Gasteiger partial charge in [-0.2, -0.15) is 13.8 Å². The van der Waals surface area contributed by atoms with Crippen LogP contribution in [0.25, 0.3) is 22.3 Å². The van der Waals surface area contributed by atoms with Crippen molar-refractivity contribution in [2.45, 2.75) is 35.8 Å². The summed E-state index contributed by atoms with van der Waals surface area (Å²) < 4.78 is 70.2. The zero-order valence-electron chi connectivity index (χ0n) is 21.4. The Balaban J connectivity index is 1.28. The first-order valence-electron chi connectivity index (χ1n) is 12.2. The number of aliphatic hydroxyl groups excluding tert-OH is 2. The molecule has 1 unspecified atom stereocenters. The number of aromatic nitrogens is 8. The number of halogens is 3. The van der Waals surface area contributed by atoms with Crippen LogP contribution in [0.15, 0.2) is 23.8 Å². The molecule has 6 rings (SSSR count). The van der Waals surface area contributed by atoms with Crippen molar-refractivity contribution in [1.29, 1.82) is 0 Å². The van der Waals surface area contributed by atoms with Crippen LogP contribution in [0.2, 0.25) is 0 Å². The molecule has 2 fully saturated rings. The van der Waals surface area contributed by atoms with E-state index in [4.69, 9.17) is 41.8 Å². The summed E-state index contributed by atoms with van der Waals surface area (Å²) in [4.78, 5) is 44.7. The number of anilines is 2. The van der Waals surface area contributed by atoms with Crippen LogP contribution in [0.3, 0.4) is 0 Å². The number of ether oxygens (including phenoxy) is 2. The Morgan fingerprint density at radius 1 is 1.12 bits per heavy atom. The van der Waals surface area contributed by atoms with Gasteiger partial charge in [-0.3, -0.25) is 23.4 Å². The molecule has 0 radical (unpaired) electrons. The van der Waals surface area contributed by atoms with E-state index in [0.29, 0.717) is 4.57 Å². The van der Waals surface area contributed by atoms with Gasteiger partial charge in [-0.05, 0) is 11.8 Å². The summed E-state index contributed by atoms with van der Waals surface area (Å²) in [5.74, 6) is -7.25. The number of aromatic amines is 1. The van der Waals surface area contributed by atoms with Gasteiger partial charge in [-0.1, -0.05) is 0 Å². The summed E-state index contributed by atoms with van der Waals surface area (Å²) in [6.45, 7) is -8.52. The fourth-order valence-corrected chi connectivity index (χ4v) is 6.52. The number of alkyl halides is 3. The number of fused-ring (bicyclic) bond motifs is 2. The fourth-order valence-electron chi connectivity index (χ4n) is 4.93. The first-order chi connectivity index (χ1) is 20.2. The number of imidazole rings is 2. The summed E-state index contributed by atoms with van der Waals surface area (Å²) >= 11 is 5.01. The van der Waals surface area contributed by atoms with Gasteiger partial charge >= 0.3 is 12.6 Å². The second-order valence-electron chi connectivity index (χ2n) is 9.64. The van der Waals surface area contributed by atoms with Gasteiger partial charge in [0.1, 0.15) is 43.4 Å². The highest BCUT2D eigenvalue weighted by molar-refractivity contribution is 8.07. The molecule has 6 heterocycles. The average molecular weight is 650 g/mol. The van der Waals surface area contributed by atoms with Gasteiger partial charge < -0.3 is 40.6 Å². The van der Waals surface area contributed by atoms with Crippen molar-refractivity contribution in [3.05, 3.63) is 29.3 Å². The number of aliphatic hydroxyl groups is 2. The van der Waals surface area contributed by atoms with Crippen LogP contribution in [0.4, 0.5) is 24.9 Å². The Hall–Kier alpha value is -3.34. The standard InChI is InChI=1S/C20H22F3N10O8PS/c21-18(32-6-28-10-13(24)26-5-27-14(10)32)3-38-8(12(18)35)2-40-42(37,43)41-19(4-39-9(1-34)20(19,22)23)33-7-29-11-15(33)30-17(25)31-16(11)36/h5-9,12,34-35H,1-4H2,(H,37,43)(H2,24,26,27)(H3,25,30,31,36)/t8-,9-,12-,18-,19-,42?/m1/s1. The molecular formula is C20H22F3N10O8PS. The largest absolute Gasteiger partial charge is 0.393 e. The molecule has 18 nitrogen and oxygen atoms in total. The Labute approximate surface area is 241 Å². The van der Waals surface area contributed by atoms with E-state index in [2.05, 4.69) is 29.9 Å². The van der Waals surface area contributed by atoms with Crippen LogP contribution in [0.5, 0.6) is 0 Å². The second kappa shape index (κ2) is 10.1. The summed E-state index contributed by atoms with van der Waals surface area (Å²) in [5, 5.41) is 20.4. The van der Waals surface area contributed by atoms with E-state index in [9.17, 15) is 19.9 Å². The molecule has 0 amide bonds. The van der Waals surface area contributed by atoms with Crippen LogP contribution in [-0.4, -0.2) is 105 Å². The van der Waals surface area contributed by atoms with Crippen molar-refractivity contribution in [3.63, 3.8) is 0 Å². The average Bonchev–Trinajstić information content (AvgIpc) is 3.68. The third-order valence-corrected chi connectivity index (χ3v) is 8.67. The van der Waals surface area contributed by atoms with Crippen LogP contribution >= 0.6 is 6.72 Å². The molecule has 43 heavy (non-hydrogen) atoms. The lowest BCUT2D eigenvalue weighted by Crippen LogP contribution is -2.54. The molecule has 0 aliphatic carbocycles. The quantitative estimate of drug-likeness (QED) is 0.118. The SMILES string of the molecule is Nc1nc2c(ncn2[C@@]2(OP(O)(=S)OC[C@H]3OC[C@@](F)(n4cnc5c(N)ncnc54)[C@@H]3O)CO[C@H](CO)C2(F)F)c(=O)[nH]1. The number of nitrogens with zero attached hydrogens (tertiary/aromatic N) is 7. The van der Waals surface area contributed by atoms with E-state index >= 15 is 13.2 Å². The summed E-state index contributed by atoms with van der Waals surface area (Å²) in [7, 11) is 0. The number of nitrogens with two attached hydrogens (primary N) is 2. The molecule has 0 saturated carbocycles. The zero-order chi connectivity index (χ0) is 30.9. The molecule has 0 bridgehead atoms. The molecule has 8 N–H and O–H groups in total. The van der Waals surface area contributed by atoms with Gasteiger partial charge in [-0.15, -0.1) is 0 Å². The van der Waals surface area contributed by atoms with Gasteiger partial charge in [0.05, 0.1) is 25.9 Å². The minimum absolute atomic E-state index is 0.0306. The van der Waals surface area contributed by atoms with E-state index in [1.807, 2.05) is 0 Å². The normalized spacial score (nSPS) is 30.3. The monoisotopic (exact) mass is 650 g/mol. The molecule has 6 atom stereocenters. The number of nitrogens with one attached hydrogen (secondary N) is 1. The van der Waals surface area contributed by atoms with Crippen LogP contribution in [0.1, 0.15) is 0 Å². The topological polar surface area (TPSA) is 257 Å². The maximum absolute atomic E-state index is 16.1. The maximum atomic E-state index is 16.1. The van der Waals surface area contributed by atoms with E-state index in [1.54, 1.807) is 0 Å². The molecule has 2 saturated heterocycles. The maximum Gasteiger partial charge on any atom is 0.327 e. The van der Waals surface area contributed by atoms with Crippen molar-refractivity contribution in [3.8, 4) is 0 Å². The second-order valence-corrected chi connectivity index (χ2v) is 12.4. The predicted molar refractivity (Wildman–Crippen MR) is 140 cm³/mol. The Kier molecular flexibility index (Phi) is 6.98. The van der Waals surface area contributed by atoms with Crippen molar-refractivity contribution in [2.24, 2.45) is 0 Å². The third kappa shape index (κ3) is 4.48. The molecule has 23 heteroatoms. The molecule has 2 aliphatic rings. The van der Waals surface area contributed by atoms with Crippen molar-refractivity contribution >= 4 is 52.6 Å². The Morgan fingerprint density at radius 3 is 2.56 bits per heavy atom.